The van der Waals surface area contributed by atoms with Crippen LogP contribution >= 0.6 is 15.9 Å². The first-order valence-corrected chi connectivity index (χ1v) is 6.91. The zero-order chi connectivity index (χ0) is 15.0. The highest BCUT2D eigenvalue weighted by atomic mass is 79.9. The Bertz CT molecular complexity index is 884. The van der Waals surface area contributed by atoms with Crippen LogP contribution in [0.3, 0.4) is 0 Å². The van der Waals surface area contributed by atoms with E-state index in [0.29, 0.717) is 16.9 Å². The molecular formula is C14H10BrN3O3. The molecule has 0 fully saturated rings. The minimum Gasteiger partial charge on any atom is -0.480 e. The molecule has 2 heterocycles. The molecule has 0 saturated carbocycles. The smallest absolute Gasteiger partial charge is 0.335 e. The van der Waals surface area contributed by atoms with Gasteiger partial charge < -0.3 is 5.11 Å². The molecule has 0 bridgehead atoms. The lowest BCUT2D eigenvalue weighted by Crippen LogP contribution is -2.26. The van der Waals surface area contributed by atoms with Gasteiger partial charge in [0.25, 0.3) is 0 Å². The Morgan fingerprint density at radius 1 is 1.24 bits per heavy atom. The van der Waals surface area contributed by atoms with Crippen molar-refractivity contribution in [3.05, 3.63) is 57.6 Å². The fraction of sp³-hybridized carbons (Fsp3) is 0.0714. The van der Waals surface area contributed by atoms with E-state index in [-0.39, 0.29) is 0 Å². The van der Waals surface area contributed by atoms with Crippen molar-refractivity contribution in [2.45, 2.75) is 6.54 Å². The summed E-state index contributed by atoms with van der Waals surface area (Å²) in [7, 11) is 0. The van der Waals surface area contributed by atoms with Crippen molar-refractivity contribution in [2.75, 3.05) is 0 Å². The van der Waals surface area contributed by atoms with Crippen molar-refractivity contribution in [3.63, 3.8) is 0 Å². The number of carbonyl (C=O) groups is 1. The molecule has 0 spiro atoms. The Balaban J connectivity index is 2.38. The van der Waals surface area contributed by atoms with Gasteiger partial charge >= 0.3 is 11.7 Å². The fourth-order valence-electron chi connectivity index (χ4n) is 2.22. The number of rotatable bonds is 3. The SMILES string of the molecule is O=C(O)Cn1c(=O)n(-c2ccccn2)c2ccc(Br)cc21. The van der Waals surface area contributed by atoms with Gasteiger partial charge in [-0.15, -0.1) is 0 Å². The summed E-state index contributed by atoms with van der Waals surface area (Å²) < 4.78 is 3.40. The molecule has 106 valence electrons. The summed E-state index contributed by atoms with van der Waals surface area (Å²) in [6, 6.07) is 10.5. The molecule has 0 amide bonds. The summed E-state index contributed by atoms with van der Waals surface area (Å²) >= 11 is 3.34. The molecule has 1 aromatic carbocycles. The van der Waals surface area contributed by atoms with Gasteiger partial charge in [0, 0.05) is 10.7 Å². The number of fused-ring (bicyclic) bond motifs is 1. The van der Waals surface area contributed by atoms with E-state index in [9.17, 15) is 9.59 Å². The first-order valence-electron chi connectivity index (χ1n) is 6.12. The van der Waals surface area contributed by atoms with Gasteiger partial charge in [0.15, 0.2) is 0 Å². The van der Waals surface area contributed by atoms with E-state index in [1.54, 1.807) is 42.6 Å². The lowest BCUT2D eigenvalue weighted by atomic mass is 10.3. The molecule has 21 heavy (non-hydrogen) atoms. The van der Waals surface area contributed by atoms with E-state index >= 15 is 0 Å². The molecule has 0 aliphatic rings. The molecule has 0 radical (unpaired) electrons. The van der Waals surface area contributed by atoms with E-state index in [4.69, 9.17) is 5.11 Å². The number of aliphatic carboxylic acids is 1. The van der Waals surface area contributed by atoms with Gasteiger partial charge in [-0.3, -0.25) is 9.36 Å². The van der Waals surface area contributed by atoms with Gasteiger partial charge in [0.2, 0.25) is 0 Å². The van der Waals surface area contributed by atoms with Crippen LogP contribution in [0.15, 0.2) is 51.9 Å². The first kappa shape index (κ1) is 13.6. The lowest BCUT2D eigenvalue weighted by Gasteiger charge is -2.01. The second kappa shape index (κ2) is 5.17. The maximum Gasteiger partial charge on any atom is 0.335 e. The van der Waals surface area contributed by atoms with Crippen LogP contribution in [0.5, 0.6) is 0 Å². The van der Waals surface area contributed by atoms with Crippen LogP contribution in [0.4, 0.5) is 0 Å². The first-order chi connectivity index (χ1) is 10.1. The van der Waals surface area contributed by atoms with Gasteiger partial charge in [-0.2, -0.15) is 0 Å². The minimum atomic E-state index is -1.07. The van der Waals surface area contributed by atoms with Crippen LogP contribution < -0.4 is 5.69 Å². The number of carboxylic acids is 1. The molecule has 0 unspecified atom stereocenters. The minimum absolute atomic E-state index is 0.397. The van der Waals surface area contributed by atoms with Crippen LogP contribution in [0.2, 0.25) is 0 Å². The summed E-state index contributed by atoms with van der Waals surface area (Å²) in [6.07, 6.45) is 1.58. The average molecular weight is 348 g/mol. The summed E-state index contributed by atoms with van der Waals surface area (Å²) in [5.41, 5.74) is 0.731. The number of imidazole rings is 1. The number of hydrogen-bond acceptors (Lipinski definition) is 3. The molecular weight excluding hydrogens is 338 g/mol. The van der Waals surface area contributed by atoms with Crippen molar-refractivity contribution in [1.29, 1.82) is 0 Å². The van der Waals surface area contributed by atoms with Gasteiger partial charge in [0.05, 0.1) is 11.0 Å². The molecule has 1 N–H and O–H groups in total. The number of carboxylic acid groups (broad SMARTS) is 1. The maximum atomic E-state index is 12.5. The summed E-state index contributed by atoms with van der Waals surface area (Å²) in [4.78, 5) is 27.7. The van der Waals surface area contributed by atoms with Crippen LogP contribution in [0.25, 0.3) is 16.9 Å². The quantitative estimate of drug-likeness (QED) is 0.786. The summed E-state index contributed by atoms with van der Waals surface area (Å²) in [5.74, 6) is -0.615. The third-order valence-electron chi connectivity index (χ3n) is 3.06. The highest BCUT2D eigenvalue weighted by Gasteiger charge is 2.17. The van der Waals surface area contributed by atoms with Gasteiger partial charge in [-0.25, -0.2) is 14.3 Å². The highest BCUT2D eigenvalue weighted by Crippen LogP contribution is 2.21. The number of nitrogens with zero attached hydrogens (tertiary/aromatic N) is 3. The molecule has 0 atom stereocenters. The molecule has 0 aliphatic heterocycles. The second-order valence-corrected chi connectivity index (χ2v) is 5.33. The number of hydrogen-bond donors (Lipinski definition) is 1. The molecule has 7 heteroatoms. The van der Waals surface area contributed by atoms with Crippen molar-refractivity contribution < 1.29 is 9.90 Å². The van der Waals surface area contributed by atoms with Crippen LogP contribution in [-0.4, -0.2) is 25.2 Å². The van der Waals surface area contributed by atoms with Crippen molar-refractivity contribution in [3.8, 4) is 5.82 Å². The number of halogens is 1. The normalized spacial score (nSPS) is 10.9. The van der Waals surface area contributed by atoms with Crippen LogP contribution in [0, 0.1) is 0 Å². The standard InChI is InChI=1S/C14H10BrN3O3/c15-9-4-5-10-11(7-9)17(8-13(19)20)14(21)18(10)12-3-1-2-6-16-12/h1-7H,8H2,(H,19,20). The van der Waals surface area contributed by atoms with Crippen molar-refractivity contribution in [1.82, 2.24) is 14.1 Å². The zero-order valence-corrected chi connectivity index (χ0v) is 12.3. The molecule has 0 aliphatic carbocycles. The Morgan fingerprint density at radius 2 is 2.05 bits per heavy atom. The Labute approximate surface area is 127 Å². The Morgan fingerprint density at radius 3 is 2.71 bits per heavy atom. The number of aromatic nitrogens is 3. The van der Waals surface area contributed by atoms with Crippen LogP contribution in [0.1, 0.15) is 0 Å². The van der Waals surface area contributed by atoms with Gasteiger partial charge in [-0.05, 0) is 30.3 Å². The average Bonchev–Trinajstić information content (AvgIpc) is 2.72. The predicted molar refractivity (Wildman–Crippen MR) is 80.7 cm³/mol. The lowest BCUT2D eigenvalue weighted by molar-refractivity contribution is -0.137. The third kappa shape index (κ3) is 2.36. The van der Waals surface area contributed by atoms with E-state index in [1.807, 2.05) is 0 Å². The van der Waals surface area contributed by atoms with Gasteiger partial charge in [0.1, 0.15) is 12.4 Å². The fourth-order valence-corrected chi connectivity index (χ4v) is 2.57. The van der Waals surface area contributed by atoms with Crippen molar-refractivity contribution in [2.24, 2.45) is 0 Å². The highest BCUT2D eigenvalue weighted by molar-refractivity contribution is 9.10. The summed E-state index contributed by atoms with van der Waals surface area (Å²) in [5, 5.41) is 9.00. The van der Waals surface area contributed by atoms with E-state index in [2.05, 4.69) is 20.9 Å². The molecule has 6 nitrogen and oxygen atoms in total. The van der Waals surface area contributed by atoms with E-state index in [0.717, 1.165) is 4.47 Å². The molecule has 2 aromatic heterocycles. The number of pyridine rings is 1. The predicted octanol–water partition coefficient (Wildman–Crippen LogP) is 2.03. The second-order valence-electron chi connectivity index (χ2n) is 4.42. The topological polar surface area (TPSA) is 77.1 Å². The van der Waals surface area contributed by atoms with E-state index in [1.165, 1.54) is 9.13 Å². The largest absolute Gasteiger partial charge is 0.480 e. The molecule has 0 saturated heterocycles. The monoisotopic (exact) mass is 347 g/mol. The maximum absolute atomic E-state index is 12.5. The third-order valence-corrected chi connectivity index (χ3v) is 3.56. The zero-order valence-electron chi connectivity index (χ0n) is 10.7. The van der Waals surface area contributed by atoms with Crippen LogP contribution in [-0.2, 0) is 11.3 Å². The summed E-state index contributed by atoms with van der Waals surface area (Å²) in [6.45, 7) is -0.397. The Hall–Kier alpha value is -2.41. The van der Waals surface area contributed by atoms with Gasteiger partial charge in [-0.1, -0.05) is 22.0 Å². The number of benzene rings is 1. The Kier molecular flexibility index (Phi) is 3.34. The molecule has 3 rings (SSSR count). The van der Waals surface area contributed by atoms with Crippen molar-refractivity contribution >= 4 is 32.9 Å². The molecule has 3 aromatic rings. The van der Waals surface area contributed by atoms with E-state index < -0.39 is 18.2 Å².